The van der Waals surface area contributed by atoms with Crippen LogP contribution >= 0.6 is 0 Å². The van der Waals surface area contributed by atoms with E-state index in [1.807, 2.05) is 6.08 Å². The third kappa shape index (κ3) is 6.84. The lowest BCUT2D eigenvalue weighted by Crippen LogP contribution is -2.05. The lowest BCUT2D eigenvalue weighted by molar-refractivity contribution is 0.132. The van der Waals surface area contributed by atoms with E-state index in [1.165, 1.54) is 5.57 Å². The molecule has 4 nitrogen and oxygen atoms in total. The van der Waals surface area contributed by atoms with E-state index in [-0.39, 0.29) is 6.10 Å². The minimum atomic E-state index is 0.127. The highest BCUT2D eigenvalue weighted by molar-refractivity contribution is 4.99. The first-order valence-electron chi connectivity index (χ1n) is 6.41. The summed E-state index contributed by atoms with van der Waals surface area (Å²) in [7, 11) is 1.70. The van der Waals surface area contributed by atoms with Crippen molar-refractivity contribution >= 4 is 0 Å². The molecular formula is C15H22N2O2. The topological polar surface area (TPSA) is 44.2 Å². The molecule has 0 spiro atoms. The van der Waals surface area contributed by atoms with E-state index in [4.69, 9.17) is 9.47 Å². The van der Waals surface area contributed by atoms with Gasteiger partial charge in [0.2, 0.25) is 0 Å². The normalized spacial score (nSPS) is 13.3. The van der Waals surface area contributed by atoms with Crippen molar-refractivity contribution in [2.45, 2.75) is 32.5 Å². The molecule has 19 heavy (non-hydrogen) atoms. The van der Waals surface area contributed by atoms with E-state index < -0.39 is 0 Å². The molecule has 104 valence electrons. The standard InChI is InChI=1S/C15H22N2O2/c1-4-14(18-3)8-5-7-13(2)11-19-12-15-16-9-6-10-17-15/h4,6-7,9-10,14H,1,5,8,11-12H2,2-3H3/b13-7-. The average Bonchev–Trinajstić information content (AvgIpc) is 2.45. The molecule has 0 aliphatic heterocycles. The Morgan fingerprint density at radius 1 is 1.42 bits per heavy atom. The van der Waals surface area contributed by atoms with Gasteiger partial charge in [0.25, 0.3) is 0 Å². The van der Waals surface area contributed by atoms with E-state index in [0.717, 1.165) is 12.8 Å². The summed E-state index contributed by atoms with van der Waals surface area (Å²) in [5, 5.41) is 0. The van der Waals surface area contributed by atoms with Gasteiger partial charge in [-0.3, -0.25) is 0 Å². The summed E-state index contributed by atoms with van der Waals surface area (Å²) in [4.78, 5) is 8.20. The molecule has 0 aromatic carbocycles. The van der Waals surface area contributed by atoms with Crippen molar-refractivity contribution in [3.63, 3.8) is 0 Å². The molecule has 0 N–H and O–H groups in total. The van der Waals surface area contributed by atoms with Gasteiger partial charge in [-0.25, -0.2) is 9.97 Å². The Labute approximate surface area is 115 Å². The molecule has 0 fully saturated rings. The van der Waals surface area contributed by atoms with Gasteiger partial charge >= 0.3 is 0 Å². The maximum atomic E-state index is 5.55. The SMILES string of the molecule is C=CC(CC/C=C(/C)COCc1ncccn1)OC. The zero-order valence-electron chi connectivity index (χ0n) is 11.7. The fourth-order valence-corrected chi connectivity index (χ4v) is 1.59. The zero-order valence-corrected chi connectivity index (χ0v) is 11.7. The van der Waals surface area contributed by atoms with Crippen LogP contribution in [0.5, 0.6) is 0 Å². The van der Waals surface area contributed by atoms with E-state index in [2.05, 4.69) is 29.5 Å². The van der Waals surface area contributed by atoms with Crippen LogP contribution in [0.1, 0.15) is 25.6 Å². The van der Waals surface area contributed by atoms with Gasteiger partial charge in [-0.05, 0) is 25.8 Å². The molecule has 0 aliphatic rings. The Bertz CT molecular complexity index is 390. The first-order chi connectivity index (χ1) is 9.26. The van der Waals surface area contributed by atoms with Crippen molar-refractivity contribution in [3.8, 4) is 0 Å². The molecule has 1 rings (SSSR count). The summed E-state index contributed by atoms with van der Waals surface area (Å²) in [5.41, 5.74) is 1.20. The number of methoxy groups -OCH3 is 1. The smallest absolute Gasteiger partial charge is 0.153 e. The van der Waals surface area contributed by atoms with Crippen molar-refractivity contribution < 1.29 is 9.47 Å². The number of ether oxygens (including phenoxy) is 2. The molecule has 0 bridgehead atoms. The Hall–Kier alpha value is -1.52. The minimum absolute atomic E-state index is 0.127. The van der Waals surface area contributed by atoms with Gasteiger partial charge in [0.05, 0.1) is 12.7 Å². The first-order valence-corrected chi connectivity index (χ1v) is 6.41. The van der Waals surface area contributed by atoms with Crippen LogP contribution in [0.25, 0.3) is 0 Å². The average molecular weight is 262 g/mol. The van der Waals surface area contributed by atoms with Crippen LogP contribution < -0.4 is 0 Å². The van der Waals surface area contributed by atoms with E-state index in [9.17, 15) is 0 Å². The summed E-state index contributed by atoms with van der Waals surface area (Å²) >= 11 is 0. The summed E-state index contributed by atoms with van der Waals surface area (Å²) in [6, 6.07) is 1.79. The summed E-state index contributed by atoms with van der Waals surface area (Å²) in [5.74, 6) is 0.710. The lowest BCUT2D eigenvalue weighted by Gasteiger charge is -2.08. The summed E-state index contributed by atoms with van der Waals surface area (Å²) in [6.45, 7) is 6.83. The zero-order chi connectivity index (χ0) is 13.9. The quantitative estimate of drug-likeness (QED) is 0.642. The number of hydrogen-bond acceptors (Lipinski definition) is 4. The molecule has 1 heterocycles. The monoisotopic (exact) mass is 262 g/mol. The molecule has 0 saturated carbocycles. The van der Waals surface area contributed by atoms with Gasteiger partial charge in [-0.15, -0.1) is 6.58 Å². The third-order valence-electron chi connectivity index (χ3n) is 2.69. The molecule has 4 heteroatoms. The second kappa shape index (κ2) is 9.42. The predicted molar refractivity (Wildman–Crippen MR) is 75.7 cm³/mol. The molecular weight excluding hydrogens is 240 g/mol. The molecule has 1 aromatic rings. The van der Waals surface area contributed by atoms with E-state index in [0.29, 0.717) is 19.0 Å². The van der Waals surface area contributed by atoms with Crippen LogP contribution in [-0.2, 0) is 16.1 Å². The van der Waals surface area contributed by atoms with Gasteiger partial charge in [-0.1, -0.05) is 17.7 Å². The van der Waals surface area contributed by atoms with Crippen LogP contribution in [0.3, 0.4) is 0 Å². The van der Waals surface area contributed by atoms with Crippen molar-refractivity contribution in [2.75, 3.05) is 13.7 Å². The third-order valence-corrected chi connectivity index (χ3v) is 2.69. The Balaban J connectivity index is 2.19. The van der Waals surface area contributed by atoms with Gasteiger partial charge in [-0.2, -0.15) is 0 Å². The number of aromatic nitrogens is 2. The van der Waals surface area contributed by atoms with Gasteiger partial charge in [0, 0.05) is 19.5 Å². The second-order valence-electron chi connectivity index (χ2n) is 4.30. The Kier molecular flexibility index (Phi) is 7.70. The number of nitrogens with zero attached hydrogens (tertiary/aromatic N) is 2. The summed E-state index contributed by atoms with van der Waals surface area (Å²) < 4.78 is 10.8. The predicted octanol–water partition coefficient (Wildman–Crippen LogP) is 2.92. The first kappa shape index (κ1) is 15.5. The molecule has 0 aliphatic carbocycles. The maximum Gasteiger partial charge on any atom is 0.153 e. The number of hydrogen-bond donors (Lipinski definition) is 0. The lowest BCUT2D eigenvalue weighted by atomic mass is 10.1. The fourth-order valence-electron chi connectivity index (χ4n) is 1.59. The van der Waals surface area contributed by atoms with Gasteiger partial charge in [0.15, 0.2) is 5.82 Å². The van der Waals surface area contributed by atoms with Crippen molar-refractivity contribution in [3.05, 3.63) is 48.6 Å². The maximum absolute atomic E-state index is 5.55. The van der Waals surface area contributed by atoms with Crippen LogP contribution in [0.2, 0.25) is 0 Å². The Morgan fingerprint density at radius 3 is 2.79 bits per heavy atom. The number of allylic oxidation sites excluding steroid dienone is 1. The minimum Gasteiger partial charge on any atom is -0.377 e. The van der Waals surface area contributed by atoms with Crippen molar-refractivity contribution in [1.29, 1.82) is 0 Å². The molecule has 1 aromatic heterocycles. The molecule has 0 radical (unpaired) electrons. The number of rotatable bonds is 9. The molecule has 1 atom stereocenters. The van der Waals surface area contributed by atoms with Gasteiger partial charge in [0.1, 0.15) is 6.61 Å². The van der Waals surface area contributed by atoms with Crippen LogP contribution in [0, 0.1) is 0 Å². The van der Waals surface area contributed by atoms with Crippen molar-refractivity contribution in [1.82, 2.24) is 9.97 Å². The molecule has 0 amide bonds. The van der Waals surface area contributed by atoms with E-state index >= 15 is 0 Å². The summed E-state index contributed by atoms with van der Waals surface area (Å²) in [6.07, 6.45) is 9.46. The molecule has 0 saturated heterocycles. The highest BCUT2D eigenvalue weighted by Gasteiger charge is 2.00. The largest absolute Gasteiger partial charge is 0.377 e. The Morgan fingerprint density at radius 2 is 2.16 bits per heavy atom. The van der Waals surface area contributed by atoms with Crippen molar-refractivity contribution in [2.24, 2.45) is 0 Å². The highest BCUT2D eigenvalue weighted by Crippen LogP contribution is 2.06. The van der Waals surface area contributed by atoms with Crippen LogP contribution in [0.15, 0.2) is 42.8 Å². The van der Waals surface area contributed by atoms with Gasteiger partial charge < -0.3 is 9.47 Å². The van der Waals surface area contributed by atoms with Crippen LogP contribution in [0.4, 0.5) is 0 Å². The van der Waals surface area contributed by atoms with E-state index in [1.54, 1.807) is 25.6 Å². The second-order valence-corrected chi connectivity index (χ2v) is 4.30. The highest BCUT2D eigenvalue weighted by atomic mass is 16.5. The molecule has 1 unspecified atom stereocenters. The van der Waals surface area contributed by atoms with Crippen LogP contribution in [-0.4, -0.2) is 29.8 Å². The fraction of sp³-hybridized carbons (Fsp3) is 0.467.